The molecule has 1 aromatic heterocycles. The predicted octanol–water partition coefficient (Wildman–Crippen LogP) is 2.45. The maximum atomic E-state index is 11.3. The van der Waals surface area contributed by atoms with Gasteiger partial charge in [0.2, 0.25) is 5.91 Å². The highest BCUT2D eigenvalue weighted by Crippen LogP contribution is 2.21. The second-order valence-corrected chi connectivity index (χ2v) is 5.98. The first-order valence-corrected chi connectivity index (χ1v) is 7.01. The monoisotopic (exact) mass is 274 g/mol. The Kier molecular flexibility index (Phi) is 6.55. The second kappa shape index (κ2) is 7.69. The number of thiophene rings is 1. The number of nitrogens with one attached hydrogen (secondary N) is 2. The van der Waals surface area contributed by atoms with Crippen molar-refractivity contribution in [2.45, 2.75) is 32.7 Å². The average Bonchev–Trinajstić information content (AvgIpc) is 2.62. The molecule has 0 aromatic carbocycles. The number of hydrogen-bond donors (Lipinski definition) is 2. The van der Waals surface area contributed by atoms with Crippen LogP contribution in [-0.2, 0) is 11.2 Å². The lowest BCUT2D eigenvalue weighted by Gasteiger charge is -2.08. The summed E-state index contributed by atoms with van der Waals surface area (Å²) in [6.07, 6.45) is 1.49. The quantitative estimate of drug-likeness (QED) is 0.750. The Morgan fingerprint density at radius 3 is 2.76 bits per heavy atom. The minimum absolute atomic E-state index is 0.103. The zero-order chi connectivity index (χ0) is 12.7. The average molecular weight is 275 g/mol. The Morgan fingerprint density at radius 1 is 1.41 bits per heavy atom. The van der Waals surface area contributed by atoms with Crippen LogP contribution in [0.15, 0.2) is 12.1 Å². The van der Waals surface area contributed by atoms with Gasteiger partial charge in [-0.2, -0.15) is 0 Å². The molecule has 0 aliphatic heterocycles. The van der Waals surface area contributed by atoms with Crippen LogP contribution in [0.1, 0.15) is 25.1 Å². The number of rotatable bonds is 7. The van der Waals surface area contributed by atoms with Gasteiger partial charge in [-0.15, -0.1) is 11.3 Å². The maximum absolute atomic E-state index is 11.3. The van der Waals surface area contributed by atoms with Gasteiger partial charge in [-0.05, 0) is 38.9 Å². The van der Waals surface area contributed by atoms with Crippen LogP contribution in [0.25, 0.3) is 0 Å². The number of halogens is 1. The predicted molar refractivity (Wildman–Crippen MR) is 73.8 cm³/mol. The second-order valence-electron chi connectivity index (χ2n) is 4.18. The van der Waals surface area contributed by atoms with Crippen LogP contribution in [0.5, 0.6) is 0 Å². The highest BCUT2D eigenvalue weighted by Gasteiger charge is 2.02. The van der Waals surface area contributed by atoms with Gasteiger partial charge in [-0.25, -0.2) is 0 Å². The summed E-state index contributed by atoms with van der Waals surface area (Å²) in [4.78, 5) is 12.6. The highest BCUT2D eigenvalue weighted by molar-refractivity contribution is 7.16. The highest BCUT2D eigenvalue weighted by atomic mass is 35.5. The van der Waals surface area contributed by atoms with E-state index < -0.39 is 0 Å². The molecule has 2 N–H and O–H groups in total. The number of carbonyl (C=O) groups is 1. The van der Waals surface area contributed by atoms with E-state index in [4.69, 9.17) is 11.6 Å². The van der Waals surface area contributed by atoms with E-state index in [0.717, 1.165) is 23.8 Å². The van der Waals surface area contributed by atoms with Crippen LogP contribution in [-0.4, -0.2) is 25.0 Å². The van der Waals surface area contributed by atoms with Gasteiger partial charge < -0.3 is 10.6 Å². The molecule has 0 atom stereocenters. The third kappa shape index (κ3) is 6.66. The lowest BCUT2D eigenvalue weighted by atomic mass is 10.3. The lowest BCUT2D eigenvalue weighted by molar-refractivity contribution is -0.121. The number of carbonyl (C=O) groups excluding carboxylic acids is 1. The molecule has 0 aliphatic carbocycles. The molecule has 0 fully saturated rings. The van der Waals surface area contributed by atoms with E-state index in [9.17, 15) is 4.79 Å². The molecule has 0 saturated heterocycles. The molecule has 96 valence electrons. The van der Waals surface area contributed by atoms with Gasteiger partial charge in [-0.1, -0.05) is 11.6 Å². The first-order chi connectivity index (χ1) is 8.08. The Labute approximate surface area is 112 Å². The van der Waals surface area contributed by atoms with Crippen molar-refractivity contribution in [2.75, 3.05) is 13.1 Å². The van der Waals surface area contributed by atoms with Gasteiger partial charge in [0.25, 0.3) is 0 Å². The van der Waals surface area contributed by atoms with Crippen LogP contribution in [0.3, 0.4) is 0 Å². The van der Waals surface area contributed by atoms with Crippen LogP contribution in [0.4, 0.5) is 0 Å². The number of amides is 1. The van der Waals surface area contributed by atoms with Crippen molar-refractivity contribution in [1.29, 1.82) is 0 Å². The molecule has 0 unspecified atom stereocenters. The normalized spacial score (nSPS) is 10.8. The minimum atomic E-state index is 0.103. The van der Waals surface area contributed by atoms with Crippen molar-refractivity contribution >= 4 is 28.8 Å². The molecule has 0 radical (unpaired) electrons. The summed E-state index contributed by atoms with van der Waals surface area (Å²) in [6, 6.07) is 4.17. The molecule has 0 saturated carbocycles. The van der Waals surface area contributed by atoms with E-state index in [1.807, 2.05) is 26.0 Å². The molecule has 0 spiro atoms. The summed E-state index contributed by atoms with van der Waals surface area (Å²) >= 11 is 7.44. The third-order valence-corrected chi connectivity index (χ3v) is 3.45. The molecule has 17 heavy (non-hydrogen) atoms. The number of hydrogen-bond acceptors (Lipinski definition) is 3. The summed E-state index contributed by atoms with van der Waals surface area (Å²) < 4.78 is 0.830. The molecule has 1 rings (SSSR count). The Bertz CT molecular complexity index is 352. The largest absolute Gasteiger partial charge is 0.354 e. The Balaban J connectivity index is 2.03. The molecule has 3 nitrogen and oxygen atoms in total. The topological polar surface area (TPSA) is 41.1 Å². The van der Waals surface area contributed by atoms with Crippen molar-refractivity contribution in [3.63, 3.8) is 0 Å². The van der Waals surface area contributed by atoms with Gasteiger partial charge in [0.1, 0.15) is 0 Å². The zero-order valence-electron chi connectivity index (χ0n) is 10.3. The van der Waals surface area contributed by atoms with Gasteiger partial charge in [0.05, 0.1) is 4.34 Å². The Morgan fingerprint density at radius 2 is 2.18 bits per heavy atom. The van der Waals surface area contributed by atoms with Gasteiger partial charge in [-0.3, -0.25) is 4.79 Å². The molecular formula is C12H19ClN2OS. The smallest absolute Gasteiger partial charge is 0.221 e. The minimum Gasteiger partial charge on any atom is -0.354 e. The van der Waals surface area contributed by atoms with E-state index in [1.165, 1.54) is 4.88 Å². The van der Waals surface area contributed by atoms with Crippen molar-refractivity contribution in [2.24, 2.45) is 0 Å². The van der Waals surface area contributed by atoms with Crippen LogP contribution < -0.4 is 10.6 Å². The molecule has 1 amide bonds. The van der Waals surface area contributed by atoms with E-state index in [-0.39, 0.29) is 11.9 Å². The first-order valence-electron chi connectivity index (χ1n) is 5.82. The van der Waals surface area contributed by atoms with E-state index in [1.54, 1.807) is 11.3 Å². The summed E-state index contributed by atoms with van der Waals surface area (Å²) in [7, 11) is 0. The van der Waals surface area contributed by atoms with Crippen molar-refractivity contribution in [3.8, 4) is 0 Å². The molecule has 0 aliphatic rings. The van der Waals surface area contributed by atoms with Gasteiger partial charge >= 0.3 is 0 Å². The molecule has 1 aromatic rings. The van der Waals surface area contributed by atoms with Crippen LogP contribution >= 0.6 is 22.9 Å². The lowest BCUT2D eigenvalue weighted by Crippen LogP contribution is -2.32. The van der Waals surface area contributed by atoms with E-state index >= 15 is 0 Å². The van der Waals surface area contributed by atoms with Crippen LogP contribution in [0, 0.1) is 0 Å². The van der Waals surface area contributed by atoms with Crippen molar-refractivity contribution in [1.82, 2.24) is 10.6 Å². The SMILES string of the molecule is CC(C)NC(=O)CCNCCc1ccc(Cl)s1. The standard InChI is InChI=1S/C12H19ClN2OS/c1-9(2)15-12(16)6-8-14-7-5-10-3-4-11(13)17-10/h3-4,9,14H,5-8H2,1-2H3,(H,15,16). The summed E-state index contributed by atoms with van der Waals surface area (Å²) in [5, 5.41) is 6.11. The van der Waals surface area contributed by atoms with E-state index in [2.05, 4.69) is 10.6 Å². The van der Waals surface area contributed by atoms with Gasteiger partial charge in [0, 0.05) is 23.9 Å². The van der Waals surface area contributed by atoms with Gasteiger partial charge in [0.15, 0.2) is 0 Å². The van der Waals surface area contributed by atoms with E-state index in [0.29, 0.717) is 6.42 Å². The third-order valence-electron chi connectivity index (χ3n) is 2.16. The summed E-state index contributed by atoms with van der Waals surface area (Å²) in [5.41, 5.74) is 0. The fraction of sp³-hybridized carbons (Fsp3) is 0.583. The fourth-order valence-electron chi connectivity index (χ4n) is 1.42. The Hall–Kier alpha value is -0.580. The fourth-order valence-corrected chi connectivity index (χ4v) is 2.51. The maximum Gasteiger partial charge on any atom is 0.221 e. The molecule has 1 heterocycles. The van der Waals surface area contributed by atoms with Crippen molar-refractivity contribution in [3.05, 3.63) is 21.3 Å². The molecule has 5 heteroatoms. The summed E-state index contributed by atoms with van der Waals surface area (Å²) in [6.45, 7) is 5.53. The molecule has 0 bridgehead atoms. The first kappa shape index (κ1) is 14.5. The van der Waals surface area contributed by atoms with Crippen molar-refractivity contribution < 1.29 is 4.79 Å². The summed E-state index contributed by atoms with van der Waals surface area (Å²) in [5.74, 6) is 0.103. The molecular weight excluding hydrogens is 256 g/mol. The van der Waals surface area contributed by atoms with Crippen LogP contribution in [0.2, 0.25) is 4.34 Å². The zero-order valence-corrected chi connectivity index (χ0v) is 11.8.